The Morgan fingerprint density at radius 3 is 2.83 bits per heavy atom. The van der Waals surface area contributed by atoms with Gasteiger partial charge in [-0.1, -0.05) is 32.1 Å². The van der Waals surface area contributed by atoms with Crippen molar-refractivity contribution in [1.82, 2.24) is 0 Å². The highest BCUT2D eigenvalue weighted by atomic mass is 16.6. The highest BCUT2D eigenvalue weighted by Crippen LogP contribution is 2.58. The van der Waals surface area contributed by atoms with Gasteiger partial charge in [0.2, 0.25) is 0 Å². The molecule has 0 aromatic heterocycles. The van der Waals surface area contributed by atoms with Crippen molar-refractivity contribution >= 4 is 5.97 Å². The molecule has 3 rings (SSSR count). The van der Waals surface area contributed by atoms with Gasteiger partial charge in [-0.25, -0.2) is 4.79 Å². The van der Waals surface area contributed by atoms with Gasteiger partial charge in [-0.05, 0) is 55.3 Å². The van der Waals surface area contributed by atoms with E-state index >= 15 is 0 Å². The molecule has 134 valence electrons. The number of ether oxygens (including phenoxy) is 2. The topological polar surface area (TPSA) is 55.8 Å². The molecule has 0 aromatic rings. The molecule has 2 saturated carbocycles. The van der Waals surface area contributed by atoms with Crippen LogP contribution in [-0.2, 0) is 14.3 Å². The van der Waals surface area contributed by atoms with E-state index in [1.165, 1.54) is 12.0 Å². The lowest BCUT2D eigenvalue weighted by Gasteiger charge is -2.55. The summed E-state index contributed by atoms with van der Waals surface area (Å²) in [6, 6.07) is 0. The zero-order chi connectivity index (χ0) is 17.5. The molecule has 1 N–H and O–H groups in total. The van der Waals surface area contributed by atoms with Gasteiger partial charge in [-0.15, -0.1) is 0 Å². The van der Waals surface area contributed by atoms with Crippen LogP contribution in [0.4, 0.5) is 0 Å². The first-order chi connectivity index (χ1) is 11.4. The van der Waals surface area contributed by atoms with E-state index in [9.17, 15) is 9.90 Å². The van der Waals surface area contributed by atoms with Crippen molar-refractivity contribution in [3.63, 3.8) is 0 Å². The van der Waals surface area contributed by atoms with Crippen molar-refractivity contribution in [3.05, 3.63) is 23.8 Å². The SMILES string of the molecule is C=C1CCC2[C@@H](C)[C@H](OC)CC[C@@]2(C)[C@@H]1C/C=C1/C(=O)OC[C@H]1O. The van der Waals surface area contributed by atoms with Gasteiger partial charge in [0.25, 0.3) is 0 Å². The van der Waals surface area contributed by atoms with E-state index in [4.69, 9.17) is 9.47 Å². The highest BCUT2D eigenvalue weighted by Gasteiger charge is 2.51. The summed E-state index contributed by atoms with van der Waals surface area (Å²) in [7, 11) is 1.82. The third-order valence-electron chi connectivity index (χ3n) is 6.94. The first-order valence-electron chi connectivity index (χ1n) is 9.14. The Hall–Kier alpha value is -1.13. The lowest BCUT2D eigenvalue weighted by Crippen LogP contribution is -2.50. The maximum absolute atomic E-state index is 11.7. The smallest absolute Gasteiger partial charge is 0.336 e. The molecule has 6 atom stereocenters. The molecule has 0 amide bonds. The van der Waals surface area contributed by atoms with Crippen LogP contribution in [0.5, 0.6) is 0 Å². The Labute approximate surface area is 144 Å². The molecule has 24 heavy (non-hydrogen) atoms. The predicted octanol–water partition coefficient (Wildman–Crippen LogP) is 3.25. The van der Waals surface area contributed by atoms with E-state index in [2.05, 4.69) is 20.4 Å². The third-order valence-corrected chi connectivity index (χ3v) is 6.94. The number of hydrogen-bond donors (Lipinski definition) is 1. The van der Waals surface area contributed by atoms with Crippen LogP contribution in [-0.4, -0.2) is 37.0 Å². The predicted molar refractivity (Wildman–Crippen MR) is 92.3 cm³/mol. The number of allylic oxidation sites excluding steroid dienone is 2. The number of hydrogen-bond acceptors (Lipinski definition) is 4. The standard InChI is InChI=1S/C20H30O4/c1-12-5-7-16-13(2)18(23-4)9-10-20(16,3)15(12)8-6-14-17(21)11-24-19(14)22/h6,13,15-18,21H,1,5,7-11H2,2-4H3/b14-6+/t13-,15-,16?,17-,18-,20+/m1/s1. The normalized spacial score (nSPS) is 44.5. The van der Waals surface area contributed by atoms with E-state index in [1.807, 2.05) is 13.2 Å². The number of fused-ring (bicyclic) bond motifs is 1. The zero-order valence-electron chi connectivity index (χ0n) is 15.1. The summed E-state index contributed by atoms with van der Waals surface area (Å²) in [5.41, 5.74) is 1.90. The first-order valence-corrected chi connectivity index (χ1v) is 9.14. The van der Waals surface area contributed by atoms with Gasteiger partial charge in [0.05, 0.1) is 11.7 Å². The van der Waals surface area contributed by atoms with E-state index < -0.39 is 6.10 Å². The quantitative estimate of drug-likeness (QED) is 0.489. The Kier molecular flexibility index (Phi) is 4.89. The number of carbonyl (C=O) groups is 1. The maximum Gasteiger partial charge on any atom is 0.336 e. The van der Waals surface area contributed by atoms with Crippen LogP contribution < -0.4 is 0 Å². The fraction of sp³-hybridized carbons (Fsp3) is 0.750. The molecule has 1 unspecified atom stereocenters. The minimum atomic E-state index is -0.777. The second kappa shape index (κ2) is 6.64. The molecule has 4 heteroatoms. The molecular weight excluding hydrogens is 304 g/mol. The molecule has 0 bridgehead atoms. The van der Waals surface area contributed by atoms with Gasteiger partial charge in [-0.2, -0.15) is 0 Å². The van der Waals surface area contributed by atoms with Crippen molar-refractivity contribution in [1.29, 1.82) is 0 Å². The van der Waals surface area contributed by atoms with Gasteiger partial charge in [0, 0.05) is 7.11 Å². The van der Waals surface area contributed by atoms with E-state index in [0.717, 1.165) is 25.7 Å². The molecule has 0 radical (unpaired) electrons. The van der Waals surface area contributed by atoms with Crippen LogP contribution in [0.15, 0.2) is 23.8 Å². The summed E-state index contributed by atoms with van der Waals surface area (Å²) in [5, 5.41) is 9.91. The number of aliphatic hydroxyl groups excluding tert-OH is 1. The Morgan fingerprint density at radius 2 is 2.21 bits per heavy atom. The zero-order valence-corrected chi connectivity index (χ0v) is 15.1. The first kappa shape index (κ1) is 17.7. The molecule has 1 heterocycles. The molecule has 1 saturated heterocycles. The van der Waals surface area contributed by atoms with Gasteiger partial charge < -0.3 is 14.6 Å². The highest BCUT2D eigenvalue weighted by molar-refractivity contribution is 5.91. The number of aliphatic hydroxyl groups is 1. The van der Waals surface area contributed by atoms with Crippen molar-refractivity contribution < 1.29 is 19.4 Å². The molecule has 4 nitrogen and oxygen atoms in total. The molecule has 3 aliphatic rings. The molecule has 3 fully saturated rings. The van der Waals surface area contributed by atoms with E-state index in [1.54, 1.807) is 0 Å². The van der Waals surface area contributed by atoms with Crippen molar-refractivity contribution in [2.45, 2.75) is 58.2 Å². The Morgan fingerprint density at radius 1 is 1.46 bits per heavy atom. The average molecular weight is 334 g/mol. The number of esters is 1. The third kappa shape index (κ3) is 2.84. The van der Waals surface area contributed by atoms with Crippen LogP contribution in [0, 0.1) is 23.2 Å². The lowest BCUT2D eigenvalue weighted by molar-refractivity contribution is -0.135. The summed E-state index contributed by atoms with van der Waals surface area (Å²) >= 11 is 0. The van der Waals surface area contributed by atoms with E-state index in [0.29, 0.717) is 29.4 Å². The van der Waals surface area contributed by atoms with Gasteiger partial charge in [-0.3, -0.25) is 0 Å². The number of cyclic esters (lactones) is 1. The minimum Gasteiger partial charge on any atom is -0.459 e. The fourth-order valence-electron chi connectivity index (χ4n) is 5.46. The van der Waals surface area contributed by atoms with Gasteiger partial charge >= 0.3 is 5.97 Å². The molecule has 2 aliphatic carbocycles. The largest absolute Gasteiger partial charge is 0.459 e. The van der Waals surface area contributed by atoms with Crippen LogP contribution in [0.2, 0.25) is 0 Å². The number of methoxy groups -OCH3 is 1. The molecule has 0 spiro atoms. The van der Waals surface area contributed by atoms with E-state index in [-0.39, 0.29) is 18.0 Å². The Bertz CT molecular complexity index is 552. The monoisotopic (exact) mass is 334 g/mol. The second-order valence-electron chi connectivity index (χ2n) is 8.04. The average Bonchev–Trinajstić information content (AvgIpc) is 2.86. The summed E-state index contributed by atoms with van der Waals surface area (Å²) in [4.78, 5) is 11.7. The number of carbonyl (C=O) groups excluding carboxylic acids is 1. The van der Waals surface area contributed by atoms with Crippen LogP contribution >= 0.6 is 0 Å². The number of rotatable bonds is 3. The van der Waals surface area contributed by atoms with Crippen molar-refractivity contribution in [2.24, 2.45) is 23.2 Å². The molecular formula is C20H30O4. The van der Waals surface area contributed by atoms with Crippen LogP contribution in [0.3, 0.4) is 0 Å². The maximum atomic E-state index is 11.7. The summed E-state index contributed by atoms with van der Waals surface area (Å²) in [5.74, 6) is 1.14. The summed E-state index contributed by atoms with van der Waals surface area (Å²) in [6.07, 6.45) is 6.65. The molecule has 1 aliphatic heterocycles. The molecule has 0 aromatic carbocycles. The summed E-state index contributed by atoms with van der Waals surface area (Å²) < 4.78 is 10.6. The van der Waals surface area contributed by atoms with Crippen LogP contribution in [0.1, 0.15) is 46.0 Å². The summed E-state index contributed by atoms with van der Waals surface area (Å²) in [6.45, 7) is 9.13. The van der Waals surface area contributed by atoms with Crippen LogP contribution in [0.25, 0.3) is 0 Å². The van der Waals surface area contributed by atoms with Gasteiger partial charge in [0.1, 0.15) is 12.7 Å². The van der Waals surface area contributed by atoms with Crippen molar-refractivity contribution in [2.75, 3.05) is 13.7 Å². The van der Waals surface area contributed by atoms with Gasteiger partial charge in [0.15, 0.2) is 0 Å². The second-order valence-corrected chi connectivity index (χ2v) is 8.04. The Balaban J connectivity index is 1.82. The lowest BCUT2D eigenvalue weighted by atomic mass is 9.50. The fourth-order valence-corrected chi connectivity index (χ4v) is 5.46. The minimum absolute atomic E-state index is 0.0860. The van der Waals surface area contributed by atoms with Crippen molar-refractivity contribution in [3.8, 4) is 0 Å².